The molecule has 1 saturated heterocycles. The number of carbonyl (C=O) groups excluding carboxylic acids is 1. The van der Waals surface area contributed by atoms with E-state index in [9.17, 15) is 4.79 Å². The maximum absolute atomic E-state index is 12.0. The van der Waals surface area contributed by atoms with Gasteiger partial charge in [-0.05, 0) is 42.8 Å². The minimum atomic E-state index is -0.501. The molecule has 1 fully saturated rings. The van der Waals surface area contributed by atoms with Crippen molar-refractivity contribution in [1.29, 1.82) is 0 Å². The predicted octanol–water partition coefficient (Wildman–Crippen LogP) is 2.41. The zero-order chi connectivity index (χ0) is 17.3. The molecule has 0 unspecified atom stereocenters. The third-order valence-corrected chi connectivity index (χ3v) is 4.26. The smallest absolute Gasteiger partial charge is 0.330 e. The molecular formula is C16H20BrN5O2. The fraction of sp³-hybridized carbons (Fsp3) is 0.500. The van der Waals surface area contributed by atoms with E-state index in [4.69, 9.17) is 4.84 Å². The van der Waals surface area contributed by atoms with Crippen molar-refractivity contribution in [3.05, 3.63) is 23.2 Å². The molecule has 2 aromatic heterocycles. The molecule has 0 radical (unpaired) electrons. The summed E-state index contributed by atoms with van der Waals surface area (Å²) in [5.74, 6) is 0.670. The summed E-state index contributed by atoms with van der Waals surface area (Å²) in [5, 5.41) is 2.68. The number of halogens is 1. The minimum Gasteiger partial charge on any atom is -0.367 e. The first kappa shape index (κ1) is 17.0. The van der Waals surface area contributed by atoms with Gasteiger partial charge in [0.1, 0.15) is 16.7 Å². The van der Waals surface area contributed by atoms with Gasteiger partial charge in [-0.25, -0.2) is 19.7 Å². The molecule has 3 heterocycles. The maximum atomic E-state index is 12.0. The predicted molar refractivity (Wildman–Crippen MR) is 94.4 cm³/mol. The second kappa shape index (κ2) is 6.60. The highest BCUT2D eigenvalue weighted by atomic mass is 79.9. The fourth-order valence-electron chi connectivity index (χ4n) is 2.42. The van der Waals surface area contributed by atoms with Crippen molar-refractivity contribution in [3.63, 3.8) is 0 Å². The van der Waals surface area contributed by atoms with Crippen LogP contribution in [0.5, 0.6) is 0 Å². The van der Waals surface area contributed by atoms with Crippen LogP contribution in [0.4, 0.5) is 5.82 Å². The number of piperazine rings is 1. The summed E-state index contributed by atoms with van der Waals surface area (Å²) in [6.45, 7) is 8.28. The number of anilines is 1. The quantitative estimate of drug-likeness (QED) is 0.725. The van der Waals surface area contributed by atoms with E-state index in [1.165, 1.54) is 0 Å². The van der Waals surface area contributed by atoms with Gasteiger partial charge in [0.2, 0.25) is 0 Å². The van der Waals surface area contributed by atoms with Crippen LogP contribution in [0.25, 0.3) is 10.9 Å². The number of aromatic nitrogens is 3. The highest BCUT2D eigenvalue weighted by molar-refractivity contribution is 9.10. The van der Waals surface area contributed by atoms with E-state index in [1.807, 2.05) is 26.8 Å². The third-order valence-electron chi connectivity index (χ3n) is 3.83. The van der Waals surface area contributed by atoms with Crippen molar-refractivity contribution in [2.45, 2.75) is 20.8 Å². The molecule has 24 heavy (non-hydrogen) atoms. The first-order valence-electron chi connectivity index (χ1n) is 7.83. The normalized spacial score (nSPS) is 16.4. The lowest BCUT2D eigenvalue weighted by atomic mass is 9.98. The molecule has 0 bridgehead atoms. The molecular weight excluding hydrogens is 374 g/mol. The van der Waals surface area contributed by atoms with Gasteiger partial charge in [-0.1, -0.05) is 0 Å². The molecule has 0 spiro atoms. The van der Waals surface area contributed by atoms with Crippen LogP contribution in [-0.4, -0.2) is 52.2 Å². The Bertz CT molecular complexity index is 754. The van der Waals surface area contributed by atoms with Crippen LogP contribution < -0.4 is 4.90 Å². The number of pyridine rings is 1. The Labute approximate surface area is 149 Å². The third kappa shape index (κ3) is 3.64. The van der Waals surface area contributed by atoms with Gasteiger partial charge in [0, 0.05) is 18.5 Å². The van der Waals surface area contributed by atoms with E-state index >= 15 is 0 Å². The summed E-state index contributed by atoms with van der Waals surface area (Å²) in [7, 11) is 0. The van der Waals surface area contributed by atoms with Gasteiger partial charge >= 0.3 is 5.97 Å². The molecule has 7 nitrogen and oxygen atoms in total. The molecule has 128 valence electrons. The van der Waals surface area contributed by atoms with Crippen LogP contribution in [0, 0.1) is 5.41 Å². The van der Waals surface area contributed by atoms with Crippen molar-refractivity contribution in [2.24, 2.45) is 5.41 Å². The molecule has 8 heteroatoms. The monoisotopic (exact) mass is 393 g/mol. The number of fused-ring (bicyclic) bond motifs is 1. The zero-order valence-corrected chi connectivity index (χ0v) is 15.6. The summed E-state index contributed by atoms with van der Waals surface area (Å²) in [6.07, 6.45) is 3.28. The van der Waals surface area contributed by atoms with Crippen LogP contribution in [0.2, 0.25) is 0 Å². The lowest BCUT2D eigenvalue weighted by Crippen LogP contribution is -2.48. The van der Waals surface area contributed by atoms with Crippen molar-refractivity contribution in [2.75, 3.05) is 31.1 Å². The number of rotatable bonds is 2. The summed E-state index contributed by atoms with van der Waals surface area (Å²) in [6, 6.07) is 1.93. The zero-order valence-electron chi connectivity index (χ0n) is 14.0. The van der Waals surface area contributed by atoms with Gasteiger partial charge in [0.25, 0.3) is 0 Å². The molecule has 0 aromatic carbocycles. The van der Waals surface area contributed by atoms with Gasteiger partial charge in [-0.3, -0.25) is 0 Å². The highest BCUT2D eigenvalue weighted by Gasteiger charge is 2.28. The van der Waals surface area contributed by atoms with Crippen molar-refractivity contribution >= 4 is 38.6 Å². The molecule has 0 aliphatic carbocycles. The largest absolute Gasteiger partial charge is 0.367 e. The molecule has 1 aliphatic rings. The lowest BCUT2D eigenvalue weighted by Gasteiger charge is -2.35. The maximum Gasteiger partial charge on any atom is 0.330 e. The van der Waals surface area contributed by atoms with Crippen LogP contribution in [-0.2, 0) is 9.63 Å². The average Bonchev–Trinajstić information content (AvgIpc) is 2.54. The Hall–Kier alpha value is -1.80. The Morgan fingerprint density at radius 3 is 2.54 bits per heavy atom. The first-order valence-corrected chi connectivity index (χ1v) is 8.62. The molecule has 0 saturated carbocycles. The van der Waals surface area contributed by atoms with Crippen molar-refractivity contribution in [1.82, 2.24) is 20.0 Å². The Kier molecular flexibility index (Phi) is 4.69. The number of hydrogen-bond donors (Lipinski definition) is 0. The van der Waals surface area contributed by atoms with Gasteiger partial charge < -0.3 is 9.74 Å². The van der Waals surface area contributed by atoms with Crippen LogP contribution >= 0.6 is 15.9 Å². The summed E-state index contributed by atoms with van der Waals surface area (Å²) >= 11 is 3.39. The van der Waals surface area contributed by atoms with E-state index in [1.54, 1.807) is 17.6 Å². The van der Waals surface area contributed by atoms with Gasteiger partial charge in [-0.2, -0.15) is 0 Å². The Balaban J connectivity index is 1.71. The van der Waals surface area contributed by atoms with Crippen LogP contribution in [0.1, 0.15) is 20.8 Å². The van der Waals surface area contributed by atoms with E-state index < -0.39 is 5.41 Å². The number of nitrogens with zero attached hydrogens (tertiary/aromatic N) is 5. The summed E-state index contributed by atoms with van der Waals surface area (Å²) in [4.78, 5) is 32.5. The molecule has 0 amide bonds. The summed E-state index contributed by atoms with van der Waals surface area (Å²) in [5.41, 5.74) is 0.309. The number of hydroxylamine groups is 2. The second-order valence-electron chi connectivity index (χ2n) is 6.77. The van der Waals surface area contributed by atoms with E-state index in [0.717, 1.165) is 34.4 Å². The standard InChI is InChI=1S/C16H20BrN5O2/c1-16(2,3)15(23)24-22-6-4-21(5-7-22)14-11-8-13(17)18-9-12(11)19-10-20-14/h8-10H,4-7H2,1-3H3. The van der Waals surface area contributed by atoms with Crippen molar-refractivity contribution in [3.8, 4) is 0 Å². The van der Waals surface area contributed by atoms with E-state index in [0.29, 0.717) is 13.1 Å². The molecule has 3 rings (SSSR count). The Morgan fingerprint density at radius 1 is 1.17 bits per heavy atom. The van der Waals surface area contributed by atoms with E-state index in [-0.39, 0.29) is 5.97 Å². The topological polar surface area (TPSA) is 71.5 Å². The molecule has 2 aromatic rings. The molecule has 0 atom stereocenters. The average molecular weight is 394 g/mol. The minimum absolute atomic E-state index is 0.210. The number of hydrogen-bond acceptors (Lipinski definition) is 7. The molecule has 0 N–H and O–H groups in total. The highest BCUT2D eigenvalue weighted by Crippen LogP contribution is 2.26. The fourth-order valence-corrected chi connectivity index (χ4v) is 2.75. The van der Waals surface area contributed by atoms with Crippen molar-refractivity contribution < 1.29 is 9.63 Å². The second-order valence-corrected chi connectivity index (χ2v) is 7.58. The lowest BCUT2D eigenvalue weighted by molar-refractivity contribution is -0.201. The van der Waals surface area contributed by atoms with Gasteiger partial charge in [0.15, 0.2) is 0 Å². The SMILES string of the molecule is CC(C)(C)C(=O)ON1CCN(c2ncnc3cnc(Br)cc23)CC1. The first-order chi connectivity index (χ1) is 11.3. The summed E-state index contributed by atoms with van der Waals surface area (Å²) < 4.78 is 0.754. The van der Waals surface area contributed by atoms with Crippen LogP contribution in [0.15, 0.2) is 23.2 Å². The van der Waals surface area contributed by atoms with Crippen LogP contribution in [0.3, 0.4) is 0 Å². The number of carbonyl (C=O) groups is 1. The van der Waals surface area contributed by atoms with Gasteiger partial charge in [0.05, 0.1) is 30.2 Å². The van der Waals surface area contributed by atoms with E-state index in [2.05, 4.69) is 35.8 Å². The Morgan fingerprint density at radius 2 is 1.88 bits per heavy atom. The van der Waals surface area contributed by atoms with Gasteiger partial charge in [-0.15, -0.1) is 5.06 Å². The molecule has 1 aliphatic heterocycles.